The molecule has 2 aliphatic rings. The van der Waals surface area contributed by atoms with Crippen molar-refractivity contribution in [2.24, 2.45) is 0 Å². The highest BCUT2D eigenvalue weighted by atomic mass is 19.1. The number of hydrogen-bond acceptors (Lipinski definition) is 6. The van der Waals surface area contributed by atoms with Gasteiger partial charge in [-0.3, -0.25) is 0 Å². The number of fused-ring (bicyclic) bond motifs is 2. The SMILES string of the molecule is Nc1ncc(C2CCCCO2)c2nnc(Cc3c(F)ccc4c3CCO4)n12. The Hall–Kier alpha value is -2.74. The van der Waals surface area contributed by atoms with Crippen LogP contribution < -0.4 is 10.5 Å². The highest BCUT2D eigenvalue weighted by Gasteiger charge is 2.25. The van der Waals surface area contributed by atoms with Gasteiger partial charge in [0.25, 0.3) is 0 Å². The Morgan fingerprint density at radius 3 is 3.00 bits per heavy atom. The zero-order valence-corrected chi connectivity index (χ0v) is 14.8. The Balaban J connectivity index is 1.58. The van der Waals surface area contributed by atoms with Crippen LogP contribution >= 0.6 is 0 Å². The van der Waals surface area contributed by atoms with E-state index in [-0.39, 0.29) is 24.3 Å². The van der Waals surface area contributed by atoms with Crippen molar-refractivity contribution in [3.05, 3.63) is 46.7 Å². The van der Waals surface area contributed by atoms with Crippen LogP contribution in [0.4, 0.5) is 10.3 Å². The molecule has 2 N–H and O–H groups in total. The number of hydrogen-bond donors (Lipinski definition) is 1. The van der Waals surface area contributed by atoms with Gasteiger partial charge in [-0.2, -0.15) is 0 Å². The van der Waals surface area contributed by atoms with Gasteiger partial charge in [-0.25, -0.2) is 13.8 Å². The molecule has 1 unspecified atom stereocenters. The number of ether oxygens (including phenoxy) is 2. The molecule has 4 heterocycles. The van der Waals surface area contributed by atoms with Crippen LogP contribution in [0.15, 0.2) is 18.3 Å². The summed E-state index contributed by atoms with van der Waals surface area (Å²) in [5.74, 6) is 1.32. The van der Waals surface area contributed by atoms with Gasteiger partial charge < -0.3 is 15.2 Å². The van der Waals surface area contributed by atoms with Gasteiger partial charge in [0.2, 0.25) is 5.95 Å². The van der Waals surface area contributed by atoms with Crippen LogP contribution in [-0.4, -0.2) is 32.8 Å². The molecule has 0 spiro atoms. The van der Waals surface area contributed by atoms with Crippen LogP contribution in [0.1, 0.15) is 47.9 Å². The maximum atomic E-state index is 14.5. The van der Waals surface area contributed by atoms with Gasteiger partial charge in [0, 0.05) is 42.3 Å². The molecular formula is C19H20FN5O2. The second kappa shape index (κ2) is 6.45. The highest BCUT2D eigenvalue weighted by molar-refractivity contribution is 5.53. The van der Waals surface area contributed by atoms with Crippen LogP contribution in [0.5, 0.6) is 5.75 Å². The largest absolute Gasteiger partial charge is 0.493 e. The number of nitrogens with zero attached hydrogens (tertiary/aromatic N) is 4. The van der Waals surface area contributed by atoms with Gasteiger partial charge in [-0.05, 0) is 31.4 Å². The predicted octanol–water partition coefficient (Wildman–Crippen LogP) is 2.61. The molecule has 8 heteroatoms. The number of halogens is 1. The lowest BCUT2D eigenvalue weighted by Gasteiger charge is -2.22. The van der Waals surface area contributed by atoms with Crippen LogP contribution in [0.3, 0.4) is 0 Å². The molecule has 27 heavy (non-hydrogen) atoms. The first kappa shape index (κ1) is 16.4. The number of nitrogen functional groups attached to an aromatic ring is 1. The van der Waals surface area contributed by atoms with Gasteiger partial charge >= 0.3 is 0 Å². The monoisotopic (exact) mass is 369 g/mol. The maximum Gasteiger partial charge on any atom is 0.207 e. The molecule has 2 aromatic heterocycles. The molecular weight excluding hydrogens is 349 g/mol. The summed E-state index contributed by atoms with van der Waals surface area (Å²) >= 11 is 0. The Morgan fingerprint density at radius 1 is 1.22 bits per heavy atom. The lowest BCUT2D eigenvalue weighted by Crippen LogP contribution is -2.15. The Labute approximate surface area is 155 Å². The third-order valence-corrected chi connectivity index (χ3v) is 5.36. The first-order valence-corrected chi connectivity index (χ1v) is 9.25. The van der Waals surface area contributed by atoms with Crippen molar-refractivity contribution in [1.82, 2.24) is 19.6 Å². The Bertz CT molecular complexity index is 1010. The highest BCUT2D eigenvalue weighted by Crippen LogP contribution is 2.33. The molecule has 0 saturated carbocycles. The Kier molecular flexibility index (Phi) is 3.93. The lowest BCUT2D eigenvalue weighted by molar-refractivity contribution is 0.0153. The van der Waals surface area contributed by atoms with Crippen LogP contribution in [-0.2, 0) is 17.6 Å². The summed E-state index contributed by atoms with van der Waals surface area (Å²) in [7, 11) is 0. The van der Waals surface area contributed by atoms with Crippen LogP contribution in [0.25, 0.3) is 5.65 Å². The molecule has 1 aromatic carbocycles. The molecule has 1 saturated heterocycles. The second-order valence-corrected chi connectivity index (χ2v) is 6.98. The molecule has 140 valence electrons. The number of nitrogens with two attached hydrogens (primary N) is 1. The smallest absolute Gasteiger partial charge is 0.207 e. The molecule has 1 atom stereocenters. The molecule has 2 aliphatic heterocycles. The number of benzene rings is 1. The van der Waals surface area contributed by atoms with Crippen molar-refractivity contribution in [3.63, 3.8) is 0 Å². The molecule has 0 aliphatic carbocycles. The van der Waals surface area contributed by atoms with E-state index in [9.17, 15) is 4.39 Å². The van der Waals surface area contributed by atoms with Crippen LogP contribution in [0, 0.1) is 5.82 Å². The summed E-state index contributed by atoms with van der Waals surface area (Å²) in [4.78, 5) is 4.31. The maximum absolute atomic E-state index is 14.5. The van der Waals surface area contributed by atoms with Crippen molar-refractivity contribution in [3.8, 4) is 5.75 Å². The summed E-state index contributed by atoms with van der Waals surface area (Å²) in [5, 5.41) is 8.64. The number of anilines is 1. The average Bonchev–Trinajstić information content (AvgIpc) is 3.33. The molecule has 1 fully saturated rings. The normalized spacial score (nSPS) is 19.2. The van der Waals surface area contributed by atoms with Gasteiger partial charge in [0.1, 0.15) is 17.4 Å². The van der Waals surface area contributed by atoms with E-state index in [1.807, 2.05) is 0 Å². The fourth-order valence-corrected chi connectivity index (χ4v) is 3.99. The molecule has 3 aromatic rings. The van der Waals surface area contributed by atoms with Crippen LogP contribution in [0.2, 0.25) is 0 Å². The minimum atomic E-state index is -0.269. The predicted molar refractivity (Wildman–Crippen MR) is 96.1 cm³/mol. The van der Waals surface area contributed by atoms with E-state index in [2.05, 4.69) is 15.2 Å². The summed E-state index contributed by atoms with van der Waals surface area (Å²) < 4.78 is 27.7. The van der Waals surface area contributed by atoms with E-state index in [1.54, 1.807) is 16.7 Å². The van der Waals surface area contributed by atoms with E-state index >= 15 is 0 Å². The minimum Gasteiger partial charge on any atom is -0.493 e. The molecule has 0 radical (unpaired) electrons. The Morgan fingerprint density at radius 2 is 2.15 bits per heavy atom. The third-order valence-electron chi connectivity index (χ3n) is 5.36. The minimum absolute atomic E-state index is 0.0579. The number of aromatic nitrogens is 4. The van der Waals surface area contributed by atoms with Gasteiger partial charge in [0.15, 0.2) is 5.65 Å². The summed E-state index contributed by atoms with van der Waals surface area (Å²) in [6, 6.07) is 3.11. The third kappa shape index (κ3) is 2.71. The first-order valence-electron chi connectivity index (χ1n) is 9.25. The topological polar surface area (TPSA) is 87.6 Å². The average molecular weight is 369 g/mol. The van der Waals surface area contributed by atoms with Crippen molar-refractivity contribution in [1.29, 1.82) is 0 Å². The van der Waals surface area contributed by atoms with E-state index in [0.717, 1.165) is 42.7 Å². The number of rotatable bonds is 3. The van der Waals surface area contributed by atoms with Gasteiger partial charge in [0.05, 0.1) is 12.7 Å². The van der Waals surface area contributed by atoms with Crippen molar-refractivity contribution in [2.45, 2.75) is 38.2 Å². The molecule has 0 amide bonds. The van der Waals surface area contributed by atoms with Crippen molar-refractivity contribution in [2.75, 3.05) is 18.9 Å². The quantitative estimate of drug-likeness (QED) is 0.764. The van der Waals surface area contributed by atoms with E-state index in [0.29, 0.717) is 30.1 Å². The van der Waals surface area contributed by atoms with Gasteiger partial charge in [-0.1, -0.05) is 0 Å². The summed E-state index contributed by atoms with van der Waals surface area (Å²) in [5.41, 5.74) is 9.10. The zero-order valence-electron chi connectivity index (χ0n) is 14.8. The van der Waals surface area contributed by atoms with E-state index < -0.39 is 0 Å². The molecule has 5 rings (SSSR count). The standard InChI is InChI=1S/C19H20FN5O2/c20-14-4-5-16-11(6-8-27-16)12(14)9-17-23-24-18-13(10-22-19(21)25(17)18)15-3-1-2-7-26-15/h4-5,10,15H,1-3,6-9H2,(H2,21,22). The van der Waals surface area contributed by atoms with Crippen molar-refractivity contribution >= 4 is 11.6 Å². The zero-order chi connectivity index (χ0) is 18.4. The summed E-state index contributed by atoms with van der Waals surface area (Å²) in [6.07, 6.45) is 5.71. The lowest BCUT2D eigenvalue weighted by atomic mass is 10.0. The van der Waals surface area contributed by atoms with E-state index in [1.165, 1.54) is 6.07 Å². The fourth-order valence-electron chi connectivity index (χ4n) is 3.99. The van der Waals surface area contributed by atoms with E-state index in [4.69, 9.17) is 15.2 Å². The van der Waals surface area contributed by atoms with Crippen molar-refractivity contribution < 1.29 is 13.9 Å². The first-order chi connectivity index (χ1) is 13.2. The second-order valence-electron chi connectivity index (χ2n) is 6.98. The summed E-state index contributed by atoms with van der Waals surface area (Å²) in [6.45, 7) is 1.29. The fraction of sp³-hybridized carbons (Fsp3) is 0.421. The molecule has 7 nitrogen and oxygen atoms in total. The van der Waals surface area contributed by atoms with Gasteiger partial charge in [-0.15, -0.1) is 10.2 Å². The molecule has 0 bridgehead atoms.